The van der Waals surface area contributed by atoms with E-state index in [2.05, 4.69) is 20.3 Å². The normalized spacial score (nSPS) is 16.6. The van der Waals surface area contributed by atoms with Gasteiger partial charge in [0.15, 0.2) is 5.65 Å². The van der Waals surface area contributed by atoms with E-state index in [1.807, 2.05) is 12.1 Å². The van der Waals surface area contributed by atoms with Gasteiger partial charge in [-0.15, -0.1) is 0 Å². The lowest BCUT2D eigenvalue weighted by Gasteiger charge is -2.21. The van der Waals surface area contributed by atoms with Crippen molar-refractivity contribution >= 4 is 17.0 Å². The molecular formula is C15H20N4. The zero-order valence-electron chi connectivity index (χ0n) is 11.2. The zero-order valence-corrected chi connectivity index (χ0v) is 11.2. The standard InChI is InChI=1S/C15H20N4/c1-2-4-12(5-3-1)8-9-17-14-7-6-13-15(19-14)18-11-10-16-13/h6-7,10-12H,1-5,8-9H2,(H,17,18,19). The van der Waals surface area contributed by atoms with Gasteiger partial charge in [0.2, 0.25) is 0 Å². The van der Waals surface area contributed by atoms with Crippen LogP contribution in [0.4, 0.5) is 5.82 Å². The van der Waals surface area contributed by atoms with Gasteiger partial charge < -0.3 is 5.32 Å². The third kappa shape index (κ3) is 3.19. The second-order valence-corrected chi connectivity index (χ2v) is 5.32. The van der Waals surface area contributed by atoms with Crippen LogP contribution in [0.2, 0.25) is 0 Å². The van der Waals surface area contributed by atoms with Crippen molar-refractivity contribution in [1.29, 1.82) is 0 Å². The summed E-state index contributed by atoms with van der Waals surface area (Å²) >= 11 is 0. The Kier molecular flexibility index (Phi) is 3.86. The number of nitrogens with zero attached hydrogens (tertiary/aromatic N) is 3. The Morgan fingerprint density at radius 1 is 1.05 bits per heavy atom. The van der Waals surface area contributed by atoms with E-state index in [1.54, 1.807) is 12.4 Å². The van der Waals surface area contributed by atoms with Crippen LogP contribution in [0.25, 0.3) is 11.2 Å². The fraction of sp³-hybridized carbons (Fsp3) is 0.533. The lowest BCUT2D eigenvalue weighted by atomic mass is 9.87. The lowest BCUT2D eigenvalue weighted by molar-refractivity contribution is 0.345. The molecule has 1 aliphatic rings. The molecule has 1 N–H and O–H groups in total. The average molecular weight is 256 g/mol. The smallest absolute Gasteiger partial charge is 0.180 e. The van der Waals surface area contributed by atoms with Crippen molar-refractivity contribution in [3.05, 3.63) is 24.5 Å². The van der Waals surface area contributed by atoms with Crippen molar-refractivity contribution in [1.82, 2.24) is 15.0 Å². The molecule has 4 heteroatoms. The maximum atomic E-state index is 4.47. The predicted molar refractivity (Wildman–Crippen MR) is 77.0 cm³/mol. The van der Waals surface area contributed by atoms with E-state index in [1.165, 1.54) is 38.5 Å². The van der Waals surface area contributed by atoms with Gasteiger partial charge in [-0.05, 0) is 24.5 Å². The molecule has 100 valence electrons. The van der Waals surface area contributed by atoms with Gasteiger partial charge in [-0.2, -0.15) is 0 Å². The number of rotatable bonds is 4. The number of aromatic nitrogens is 3. The summed E-state index contributed by atoms with van der Waals surface area (Å²) in [4.78, 5) is 12.9. The van der Waals surface area contributed by atoms with Crippen LogP contribution in [-0.2, 0) is 0 Å². The minimum atomic E-state index is 0.713. The highest BCUT2D eigenvalue weighted by atomic mass is 15.0. The minimum Gasteiger partial charge on any atom is -0.370 e. The van der Waals surface area contributed by atoms with Gasteiger partial charge >= 0.3 is 0 Å². The molecular weight excluding hydrogens is 236 g/mol. The van der Waals surface area contributed by atoms with Crippen LogP contribution in [-0.4, -0.2) is 21.5 Å². The van der Waals surface area contributed by atoms with Gasteiger partial charge in [0.05, 0.1) is 0 Å². The van der Waals surface area contributed by atoms with E-state index >= 15 is 0 Å². The fourth-order valence-electron chi connectivity index (χ4n) is 2.83. The number of pyridine rings is 1. The third-order valence-electron chi connectivity index (χ3n) is 3.92. The Morgan fingerprint density at radius 3 is 2.79 bits per heavy atom. The Balaban J connectivity index is 1.56. The Bertz CT molecular complexity index is 534. The largest absolute Gasteiger partial charge is 0.370 e. The van der Waals surface area contributed by atoms with E-state index in [4.69, 9.17) is 0 Å². The first-order valence-electron chi connectivity index (χ1n) is 7.23. The molecule has 0 amide bonds. The van der Waals surface area contributed by atoms with Crippen molar-refractivity contribution in [3.8, 4) is 0 Å². The molecule has 0 unspecified atom stereocenters. The number of fused-ring (bicyclic) bond motifs is 1. The van der Waals surface area contributed by atoms with E-state index in [0.29, 0.717) is 5.65 Å². The van der Waals surface area contributed by atoms with Crippen molar-refractivity contribution in [2.45, 2.75) is 38.5 Å². The molecule has 4 nitrogen and oxygen atoms in total. The zero-order chi connectivity index (χ0) is 12.9. The Morgan fingerprint density at radius 2 is 1.89 bits per heavy atom. The summed E-state index contributed by atoms with van der Waals surface area (Å²) in [5.41, 5.74) is 1.56. The van der Waals surface area contributed by atoms with Crippen LogP contribution in [0.5, 0.6) is 0 Å². The average Bonchev–Trinajstić information content (AvgIpc) is 2.48. The summed E-state index contributed by atoms with van der Waals surface area (Å²) in [6, 6.07) is 3.95. The molecule has 1 aliphatic carbocycles. The summed E-state index contributed by atoms with van der Waals surface area (Å²) in [6.07, 6.45) is 11.7. The molecule has 0 saturated heterocycles. The quantitative estimate of drug-likeness (QED) is 0.910. The summed E-state index contributed by atoms with van der Waals surface area (Å²) in [7, 11) is 0. The van der Waals surface area contributed by atoms with Crippen molar-refractivity contribution < 1.29 is 0 Å². The van der Waals surface area contributed by atoms with Crippen LogP contribution in [0, 0.1) is 5.92 Å². The first kappa shape index (κ1) is 12.3. The first-order chi connectivity index (χ1) is 9.42. The SMILES string of the molecule is c1cnc2nc(NCCC3CCCCC3)ccc2n1. The van der Waals surface area contributed by atoms with Crippen LogP contribution in [0.3, 0.4) is 0 Å². The van der Waals surface area contributed by atoms with Crippen LogP contribution in [0.1, 0.15) is 38.5 Å². The van der Waals surface area contributed by atoms with Crippen molar-refractivity contribution in [3.63, 3.8) is 0 Å². The molecule has 0 radical (unpaired) electrons. The molecule has 3 rings (SSSR count). The highest BCUT2D eigenvalue weighted by Gasteiger charge is 2.12. The lowest BCUT2D eigenvalue weighted by Crippen LogP contribution is -2.12. The summed E-state index contributed by atoms with van der Waals surface area (Å²) in [6.45, 7) is 1.00. The van der Waals surface area contributed by atoms with E-state index in [0.717, 1.165) is 23.8 Å². The van der Waals surface area contributed by atoms with Gasteiger partial charge in [-0.1, -0.05) is 32.1 Å². The molecule has 1 saturated carbocycles. The first-order valence-corrected chi connectivity index (χ1v) is 7.23. The monoisotopic (exact) mass is 256 g/mol. The van der Waals surface area contributed by atoms with Crippen LogP contribution < -0.4 is 5.32 Å². The molecule has 19 heavy (non-hydrogen) atoms. The minimum absolute atomic E-state index is 0.713. The van der Waals surface area contributed by atoms with E-state index in [9.17, 15) is 0 Å². The topological polar surface area (TPSA) is 50.7 Å². The van der Waals surface area contributed by atoms with E-state index < -0.39 is 0 Å². The Labute approximate surface area is 113 Å². The molecule has 2 heterocycles. The molecule has 0 bridgehead atoms. The van der Waals surface area contributed by atoms with Crippen LogP contribution in [0.15, 0.2) is 24.5 Å². The molecule has 0 atom stereocenters. The van der Waals surface area contributed by atoms with Gasteiger partial charge in [-0.3, -0.25) is 4.98 Å². The number of nitrogens with one attached hydrogen (secondary N) is 1. The van der Waals surface area contributed by atoms with Crippen molar-refractivity contribution in [2.24, 2.45) is 5.92 Å². The summed E-state index contributed by atoms with van der Waals surface area (Å²) in [5.74, 6) is 1.81. The second kappa shape index (κ2) is 5.95. The van der Waals surface area contributed by atoms with Gasteiger partial charge in [-0.25, -0.2) is 9.97 Å². The summed E-state index contributed by atoms with van der Waals surface area (Å²) in [5, 5.41) is 3.41. The Hall–Kier alpha value is -1.71. The van der Waals surface area contributed by atoms with Crippen molar-refractivity contribution in [2.75, 3.05) is 11.9 Å². The molecule has 1 fully saturated rings. The molecule has 0 aromatic carbocycles. The molecule has 2 aromatic rings. The maximum absolute atomic E-state index is 4.47. The van der Waals surface area contributed by atoms with Gasteiger partial charge in [0.25, 0.3) is 0 Å². The van der Waals surface area contributed by atoms with E-state index in [-0.39, 0.29) is 0 Å². The summed E-state index contributed by atoms with van der Waals surface area (Å²) < 4.78 is 0. The maximum Gasteiger partial charge on any atom is 0.180 e. The third-order valence-corrected chi connectivity index (χ3v) is 3.92. The predicted octanol–water partition coefficient (Wildman–Crippen LogP) is 3.41. The molecule has 2 aromatic heterocycles. The highest BCUT2D eigenvalue weighted by molar-refractivity contribution is 5.71. The molecule has 0 aliphatic heterocycles. The highest BCUT2D eigenvalue weighted by Crippen LogP contribution is 2.26. The number of anilines is 1. The van der Waals surface area contributed by atoms with Gasteiger partial charge in [0, 0.05) is 18.9 Å². The second-order valence-electron chi connectivity index (χ2n) is 5.32. The molecule has 0 spiro atoms. The van der Waals surface area contributed by atoms with Gasteiger partial charge in [0.1, 0.15) is 11.3 Å². The number of hydrogen-bond donors (Lipinski definition) is 1. The number of hydrogen-bond acceptors (Lipinski definition) is 4. The fourth-order valence-corrected chi connectivity index (χ4v) is 2.83. The van der Waals surface area contributed by atoms with Crippen LogP contribution >= 0.6 is 0 Å².